The molecule has 104 valence electrons. The lowest BCUT2D eigenvalue weighted by molar-refractivity contribution is -0.139. The van der Waals surface area contributed by atoms with Crippen LogP contribution in [0.4, 0.5) is 11.5 Å². The van der Waals surface area contributed by atoms with E-state index < -0.39 is 18.5 Å². The lowest BCUT2D eigenvalue weighted by Gasteiger charge is -2.10. The monoisotopic (exact) mass is 278 g/mol. The van der Waals surface area contributed by atoms with Crippen LogP contribution in [0.1, 0.15) is 10.5 Å². The van der Waals surface area contributed by atoms with Crippen LogP contribution in [0.2, 0.25) is 0 Å². The van der Waals surface area contributed by atoms with Gasteiger partial charge in [-0.25, -0.2) is 9.42 Å². The molecule has 0 aliphatic carbocycles. The zero-order valence-corrected chi connectivity index (χ0v) is 10.1. The predicted octanol–water partition coefficient (Wildman–Crippen LogP) is 0.367. The van der Waals surface area contributed by atoms with E-state index >= 15 is 0 Å². The third-order valence-electron chi connectivity index (χ3n) is 2.22. The number of rotatable bonds is 5. The number of aliphatic carboxylic acids is 1. The average Bonchev–Trinajstić information content (AvgIpc) is 2.84. The molecule has 0 spiro atoms. The van der Waals surface area contributed by atoms with Crippen molar-refractivity contribution >= 4 is 23.4 Å². The van der Waals surface area contributed by atoms with Gasteiger partial charge in [0.25, 0.3) is 5.91 Å². The molecule has 2 rings (SSSR count). The first kappa shape index (κ1) is 13.3. The molecule has 20 heavy (non-hydrogen) atoms. The van der Waals surface area contributed by atoms with Gasteiger partial charge in [-0.1, -0.05) is 12.1 Å². The Hall–Kier alpha value is -3.10. The summed E-state index contributed by atoms with van der Waals surface area (Å²) in [4.78, 5) is 22.3. The van der Waals surface area contributed by atoms with E-state index in [1.165, 1.54) is 6.07 Å². The van der Waals surface area contributed by atoms with Gasteiger partial charge in [-0.2, -0.15) is 0 Å². The van der Waals surface area contributed by atoms with Crippen molar-refractivity contribution in [3.8, 4) is 5.75 Å². The number of nitrogen functional groups attached to an aromatic ring is 1. The molecule has 0 saturated carbocycles. The maximum absolute atomic E-state index is 11.9. The molecule has 0 fully saturated rings. The van der Waals surface area contributed by atoms with E-state index in [4.69, 9.17) is 15.6 Å². The molecule has 2 aromatic rings. The van der Waals surface area contributed by atoms with Gasteiger partial charge in [0.15, 0.2) is 6.61 Å². The summed E-state index contributed by atoms with van der Waals surface area (Å²) in [6, 6.07) is 6.34. The van der Waals surface area contributed by atoms with Crippen molar-refractivity contribution in [2.45, 2.75) is 0 Å². The number of hydrogen-bond acceptors (Lipinski definition) is 7. The Morgan fingerprint density at radius 1 is 1.35 bits per heavy atom. The maximum Gasteiger partial charge on any atom is 0.341 e. The highest BCUT2D eigenvalue weighted by molar-refractivity contribution is 6.06. The average molecular weight is 278 g/mol. The number of anilines is 2. The Morgan fingerprint density at radius 3 is 2.75 bits per heavy atom. The summed E-state index contributed by atoms with van der Waals surface area (Å²) in [5, 5.41) is 17.7. The lowest BCUT2D eigenvalue weighted by Crippen LogP contribution is -2.16. The van der Waals surface area contributed by atoms with E-state index in [2.05, 4.69) is 20.3 Å². The third kappa shape index (κ3) is 3.02. The Labute approximate surface area is 112 Å². The highest BCUT2D eigenvalue weighted by Crippen LogP contribution is 2.24. The number of aromatic nitrogens is 2. The summed E-state index contributed by atoms with van der Waals surface area (Å²) in [5.74, 6) is -1.71. The molecule has 1 aromatic carbocycles. The van der Waals surface area contributed by atoms with Gasteiger partial charge < -0.3 is 20.9 Å². The normalized spacial score (nSPS) is 10.0. The number of nitrogens with one attached hydrogen (secondary N) is 1. The number of carbonyl (C=O) groups is 2. The second-order valence-corrected chi connectivity index (χ2v) is 3.63. The summed E-state index contributed by atoms with van der Waals surface area (Å²) in [6.07, 6.45) is 0. The van der Waals surface area contributed by atoms with Crippen molar-refractivity contribution < 1.29 is 24.1 Å². The van der Waals surface area contributed by atoms with E-state index in [0.29, 0.717) is 0 Å². The first-order valence-corrected chi connectivity index (χ1v) is 5.41. The van der Waals surface area contributed by atoms with Gasteiger partial charge in [0.05, 0.1) is 5.69 Å². The topological polar surface area (TPSA) is 141 Å². The summed E-state index contributed by atoms with van der Waals surface area (Å²) in [5.41, 5.74) is 5.50. The first-order chi connectivity index (χ1) is 9.58. The number of ether oxygens (including phenoxy) is 1. The van der Waals surface area contributed by atoms with E-state index in [0.717, 1.165) is 0 Å². The largest absolute Gasteiger partial charge is 0.480 e. The van der Waals surface area contributed by atoms with Gasteiger partial charge in [0, 0.05) is 0 Å². The van der Waals surface area contributed by atoms with Crippen LogP contribution in [-0.2, 0) is 4.79 Å². The highest BCUT2D eigenvalue weighted by atomic mass is 16.6. The minimum Gasteiger partial charge on any atom is -0.480 e. The zero-order chi connectivity index (χ0) is 14.5. The Morgan fingerprint density at radius 2 is 2.10 bits per heavy atom. The molecule has 1 heterocycles. The van der Waals surface area contributed by atoms with Crippen LogP contribution in [0.3, 0.4) is 0 Å². The summed E-state index contributed by atoms with van der Waals surface area (Å²) >= 11 is 0. The maximum atomic E-state index is 11.9. The number of carbonyl (C=O) groups excluding carboxylic acids is 1. The Balaban J connectivity index is 2.15. The minimum absolute atomic E-state index is 0.147. The number of carboxylic acids is 1. The smallest absolute Gasteiger partial charge is 0.341 e. The molecule has 0 bridgehead atoms. The van der Waals surface area contributed by atoms with Gasteiger partial charge in [0.1, 0.15) is 5.75 Å². The number of benzene rings is 1. The number of carboxylic acid groups (broad SMARTS) is 1. The first-order valence-electron chi connectivity index (χ1n) is 5.41. The van der Waals surface area contributed by atoms with Crippen LogP contribution in [0, 0.1) is 0 Å². The van der Waals surface area contributed by atoms with Crippen LogP contribution >= 0.6 is 0 Å². The second kappa shape index (κ2) is 5.69. The molecule has 0 aliphatic rings. The van der Waals surface area contributed by atoms with Crippen molar-refractivity contribution in [1.82, 2.24) is 10.3 Å². The standard InChI is InChI=1S/C11H10N4O5/c12-10-9(14-20-15-10)11(18)13-6-3-1-2-4-7(6)19-5-8(16)17/h1-4H,5H2,(H2,12,15)(H,13,18)(H,16,17). The molecular weight excluding hydrogens is 268 g/mol. The summed E-state index contributed by atoms with van der Waals surface area (Å²) in [6.45, 7) is -0.527. The van der Waals surface area contributed by atoms with Crippen molar-refractivity contribution in [3.05, 3.63) is 30.0 Å². The number of nitrogens with two attached hydrogens (primary N) is 1. The van der Waals surface area contributed by atoms with Crippen molar-refractivity contribution in [1.29, 1.82) is 0 Å². The fourth-order valence-corrected chi connectivity index (χ4v) is 1.37. The molecule has 1 aromatic heterocycles. The molecule has 0 atom stereocenters. The van der Waals surface area contributed by atoms with Crippen LogP contribution in [0.15, 0.2) is 28.9 Å². The van der Waals surface area contributed by atoms with Gasteiger partial charge in [-0.3, -0.25) is 4.79 Å². The molecule has 0 saturated heterocycles. The third-order valence-corrected chi connectivity index (χ3v) is 2.22. The minimum atomic E-state index is -1.13. The summed E-state index contributed by atoms with van der Waals surface area (Å²) < 4.78 is 9.36. The van der Waals surface area contributed by atoms with E-state index in [9.17, 15) is 9.59 Å². The molecule has 0 unspecified atom stereocenters. The number of nitrogens with zero attached hydrogens (tertiary/aromatic N) is 2. The molecule has 1 amide bonds. The second-order valence-electron chi connectivity index (χ2n) is 3.63. The number of amides is 1. The molecule has 0 radical (unpaired) electrons. The van der Waals surface area contributed by atoms with Crippen LogP contribution in [-0.4, -0.2) is 33.9 Å². The lowest BCUT2D eigenvalue weighted by atomic mass is 10.2. The quantitative estimate of drug-likeness (QED) is 0.712. The number of hydrogen-bond donors (Lipinski definition) is 3. The van der Waals surface area contributed by atoms with E-state index in [1.54, 1.807) is 18.2 Å². The highest BCUT2D eigenvalue weighted by Gasteiger charge is 2.17. The van der Waals surface area contributed by atoms with E-state index in [1.807, 2.05) is 0 Å². The molecule has 4 N–H and O–H groups in total. The molecular formula is C11H10N4O5. The fourth-order valence-electron chi connectivity index (χ4n) is 1.37. The molecule has 0 aliphatic heterocycles. The van der Waals surface area contributed by atoms with E-state index in [-0.39, 0.29) is 22.9 Å². The van der Waals surface area contributed by atoms with Gasteiger partial charge >= 0.3 is 5.97 Å². The zero-order valence-electron chi connectivity index (χ0n) is 10.1. The predicted molar refractivity (Wildman–Crippen MR) is 66.2 cm³/mol. The van der Waals surface area contributed by atoms with Crippen molar-refractivity contribution in [2.75, 3.05) is 17.7 Å². The van der Waals surface area contributed by atoms with Crippen molar-refractivity contribution in [2.24, 2.45) is 0 Å². The Bertz CT molecular complexity index is 639. The van der Waals surface area contributed by atoms with Gasteiger partial charge in [0.2, 0.25) is 11.5 Å². The van der Waals surface area contributed by atoms with Crippen LogP contribution in [0.25, 0.3) is 0 Å². The van der Waals surface area contributed by atoms with Crippen LogP contribution < -0.4 is 15.8 Å². The number of para-hydroxylation sites is 2. The SMILES string of the molecule is Nc1nonc1C(=O)Nc1ccccc1OCC(=O)O. The van der Waals surface area contributed by atoms with Crippen molar-refractivity contribution in [3.63, 3.8) is 0 Å². The van der Waals surface area contributed by atoms with Gasteiger partial charge in [-0.15, -0.1) is 0 Å². The van der Waals surface area contributed by atoms with Crippen LogP contribution in [0.5, 0.6) is 5.75 Å². The fraction of sp³-hybridized carbons (Fsp3) is 0.0909. The summed E-state index contributed by atoms with van der Waals surface area (Å²) in [7, 11) is 0. The Kier molecular flexibility index (Phi) is 3.80. The molecule has 9 nitrogen and oxygen atoms in total. The van der Waals surface area contributed by atoms with Gasteiger partial charge in [-0.05, 0) is 22.4 Å². The molecule has 9 heteroatoms.